The van der Waals surface area contributed by atoms with Crippen LogP contribution in [-0.2, 0) is 11.3 Å². The van der Waals surface area contributed by atoms with E-state index in [0.29, 0.717) is 18.5 Å². The third-order valence-electron chi connectivity index (χ3n) is 4.45. The molecule has 1 aromatic heterocycles. The van der Waals surface area contributed by atoms with E-state index in [9.17, 15) is 0 Å². The number of hydrogen-bond donors (Lipinski definition) is 2. The van der Waals surface area contributed by atoms with Crippen LogP contribution in [0.4, 0.5) is 0 Å². The Bertz CT molecular complexity index is 527. The number of nitrogens with zero attached hydrogens (tertiary/aromatic N) is 3. The summed E-state index contributed by atoms with van der Waals surface area (Å²) in [5.74, 6) is 2.02. The molecule has 0 radical (unpaired) electrons. The van der Waals surface area contributed by atoms with Gasteiger partial charge >= 0.3 is 0 Å². The van der Waals surface area contributed by atoms with Crippen LogP contribution in [0.25, 0.3) is 0 Å². The number of halogens is 1. The number of piperidine rings is 1. The highest BCUT2D eigenvalue weighted by molar-refractivity contribution is 14.0. The van der Waals surface area contributed by atoms with Gasteiger partial charge in [0.2, 0.25) is 0 Å². The van der Waals surface area contributed by atoms with Gasteiger partial charge in [0.05, 0.1) is 12.3 Å². The van der Waals surface area contributed by atoms with Gasteiger partial charge in [0.15, 0.2) is 11.7 Å². The first-order valence-corrected chi connectivity index (χ1v) is 9.34. The van der Waals surface area contributed by atoms with E-state index in [1.54, 1.807) is 7.11 Å². The molecule has 2 N–H and O–H groups in total. The summed E-state index contributed by atoms with van der Waals surface area (Å²) in [7, 11) is 1.76. The van der Waals surface area contributed by atoms with Crippen LogP contribution >= 0.6 is 24.0 Å². The molecule has 0 bridgehead atoms. The summed E-state index contributed by atoms with van der Waals surface area (Å²) in [5.41, 5.74) is 0.978. The number of hydrogen-bond acceptors (Lipinski definition) is 5. The van der Waals surface area contributed by atoms with Gasteiger partial charge in [-0.2, -0.15) is 0 Å². The van der Waals surface area contributed by atoms with Crippen LogP contribution in [0.5, 0.6) is 0 Å². The van der Waals surface area contributed by atoms with Crippen LogP contribution in [0.2, 0.25) is 0 Å². The van der Waals surface area contributed by atoms with E-state index in [0.717, 1.165) is 63.0 Å². The van der Waals surface area contributed by atoms with Crippen LogP contribution in [0.15, 0.2) is 15.6 Å². The van der Waals surface area contributed by atoms with Crippen LogP contribution in [0.3, 0.4) is 0 Å². The molecular weight excluding hydrogens is 445 g/mol. The van der Waals surface area contributed by atoms with E-state index < -0.39 is 0 Å². The molecule has 150 valence electrons. The molecule has 2 rings (SSSR count). The quantitative estimate of drug-likeness (QED) is 0.339. The lowest BCUT2D eigenvalue weighted by Crippen LogP contribution is -2.49. The highest BCUT2D eigenvalue weighted by atomic mass is 127. The summed E-state index contributed by atoms with van der Waals surface area (Å²) in [4.78, 5) is 7.10. The smallest absolute Gasteiger partial charge is 0.191 e. The van der Waals surface area contributed by atoms with Crippen molar-refractivity contribution in [1.82, 2.24) is 20.7 Å². The van der Waals surface area contributed by atoms with E-state index in [2.05, 4.69) is 46.5 Å². The minimum Gasteiger partial charge on any atom is -0.383 e. The van der Waals surface area contributed by atoms with Crippen LogP contribution in [0.1, 0.15) is 51.0 Å². The molecule has 0 aliphatic carbocycles. The summed E-state index contributed by atoms with van der Waals surface area (Å²) < 4.78 is 10.5. The Kier molecular flexibility index (Phi) is 11.1. The van der Waals surface area contributed by atoms with Gasteiger partial charge in [-0.05, 0) is 25.7 Å². The van der Waals surface area contributed by atoms with Gasteiger partial charge in [0, 0.05) is 45.4 Å². The molecule has 0 spiro atoms. The minimum atomic E-state index is 0. The highest BCUT2D eigenvalue weighted by Crippen LogP contribution is 2.14. The van der Waals surface area contributed by atoms with Crippen LogP contribution in [-0.4, -0.2) is 62.0 Å². The van der Waals surface area contributed by atoms with Crippen LogP contribution < -0.4 is 10.6 Å². The van der Waals surface area contributed by atoms with Crippen molar-refractivity contribution in [2.45, 2.75) is 52.1 Å². The zero-order valence-corrected chi connectivity index (χ0v) is 18.8. The molecule has 26 heavy (non-hydrogen) atoms. The Morgan fingerprint density at radius 1 is 1.42 bits per heavy atom. The fourth-order valence-electron chi connectivity index (χ4n) is 2.87. The molecule has 8 heteroatoms. The van der Waals surface area contributed by atoms with Crippen molar-refractivity contribution in [3.05, 3.63) is 17.5 Å². The maximum absolute atomic E-state index is 5.36. The molecule has 0 aromatic carbocycles. The molecule has 1 aliphatic heterocycles. The summed E-state index contributed by atoms with van der Waals surface area (Å²) in [6, 6.07) is 2.45. The topological polar surface area (TPSA) is 74.9 Å². The van der Waals surface area contributed by atoms with E-state index in [1.807, 2.05) is 6.07 Å². The number of nitrogens with one attached hydrogen (secondary N) is 2. The number of guanidine groups is 1. The normalized spacial score (nSPS) is 16.6. The second kappa shape index (κ2) is 12.5. The maximum atomic E-state index is 5.36. The zero-order valence-electron chi connectivity index (χ0n) is 16.5. The Hall–Kier alpha value is -0.870. The Morgan fingerprint density at radius 3 is 2.73 bits per heavy atom. The van der Waals surface area contributed by atoms with Crippen molar-refractivity contribution in [2.75, 3.05) is 39.9 Å². The monoisotopic (exact) mass is 479 g/mol. The molecule has 1 saturated heterocycles. The standard InChI is InChI=1S/C18H33N5O2.HI/c1-5-19-18(20-13-16-12-17(14(2)3)22-25-16)21-15-6-8-23(9-7-15)10-11-24-4;/h12,14-15H,5-11,13H2,1-4H3,(H2,19,20,21);1H. The molecule has 0 saturated carbocycles. The van der Waals surface area contributed by atoms with Gasteiger partial charge in [-0.25, -0.2) is 4.99 Å². The van der Waals surface area contributed by atoms with Crippen LogP contribution in [0, 0.1) is 0 Å². The second-order valence-corrected chi connectivity index (χ2v) is 6.82. The van der Waals surface area contributed by atoms with Gasteiger partial charge in [0.1, 0.15) is 6.54 Å². The van der Waals surface area contributed by atoms with Crippen molar-refractivity contribution < 1.29 is 9.26 Å². The summed E-state index contributed by atoms with van der Waals surface area (Å²) in [6.07, 6.45) is 2.24. The molecule has 2 heterocycles. The summed E-state index contributed by atoms with van der Waals surface area (Å²) in [6.45, 7) is 11.6. The first-order valence-electron chi connectivity index (χ1n) is 9.34. The molecule has 0 amide bonds. The van der Waals surface area contributed by atoms with E-state index in [-0.39, 0.29) is 24.0 Å². The molecule has 1 fully saturated rings. The average Bonchev–Trinajstić information content (AvgIpc) is 3.08. The third-order valence-corrected chi connectivity index (χ3v) is 4.45. The highest BCUT2D eigenvalue weighted by Gasteiger charge is 2.19. The number of aliphatic imine (C=N–C) groups is 1. The van der Waals surface area contributed by atoms with Gasteiger partial charge in [-0.1, -0.05) is 19.0 Å². The first-order chi connectivity index (χ1) is 12.1. The molecule has 7 nitrogen and oxygen atoms in total. The fourth-order valence-corrected chi connectivity index (χ4v) is 2.87. The van der Waals surface area contributed by atoms with Gasteiger partial charge in [0.25, 0.3) is 0 Å². The second-order valence-electron chi connectivity index (χ2n) is 6.82. The molecule has 1 aliphatic rings. The Balaban J connectivity index is 0.00000338. The largest absolute Gasteiger partial charge is 0.383 e. The molecule has 0 atom stereocenters. The average molecular weight is 479 g/mol. The Morgan fingerprint density at radius 2 is 2.15 bits per heavy atom. The van der Waals surface area contributed by atoms with Gasteiger partial charge in [-0.15, -0.1) is 24.0 Å². The fraction of sp³-hybridized carbons (Fsp3) is 0.778. The van der Waals surface area contributed by atoms with Gasteiger partial charge < -0.3 is 24.8 Å². The van der Waals surface area contributed by atoms with Crippen molar-refractivity contribution >= 4 is 29.9 Å². The lowest BCUT2D eigenvalue weighted by molar-refractivity contribution is 0.128. The Labute approximate surface area is 174 Å². The molecule has 1 aromatic rings. The van der Waals surface area contributed by atoms with Crippen molar-refractivity contribution in [1.29, 1.82) is 0 Å². The van der Waals surface area contributed by atoms with E-state index in [4.69, 9.17) is 9.26 Å². The molecule has 0 unspecified atom stereocenters. The van der Waals surface area contributed by atoms with Crippen molar-refractivity contribution in [3.63, 3.8) is 0 Å². The number of methoxy groups -OCH3 is 1. The third kappa shape index (κ3) is 7.79. The number of ether oxygens (including phenoxy) is 1. The lowest BCUT2D eigenvalue weighted by atomic mass is 10.1. The minimum absolute atomic E-state index is 0. The maximum Gasteiger partial charge on any atom is 0.191 e. The summed E-state index contributed by atoms with van der Waals surface area (Å²) >= 11 is 0. The zero-order chi connectivity index (χ0) is 18.1. The van der Waals surface area contributed by atoms with Gasteiger partial charge in [-0.3, -0.25) is 0 Å². The number of likely N-dealkylation sites (tertiary alicyclic amines) is 1. The number of aromatic nitrogens is 1. The molecular formula is C18H34IN5O2. The van der Waals surface area contributed by atoms with Crippen molar-refractivity contribution in [2.24, 2.45) is 4.99 Å². The van der Waals surface area contributed by atoms with E-state index >= 15 is 0 Å². The predicted octanol–water partition coefficient (Wildman–Crippen LogP) is 2.58. The van der Waals surface area contributed by atoms with E-state index in [1.165, 1.54) is 0 Å². The number of rotatable bonds is 8. The lowest BCUT2D eigenvalue weighted by Gasteiger charge is -2.32. The van der Waals surface area contributed by atoms with Crippen molar-refractivity contribution in [3.8, 4) is 0 Å². The summed E-state index contributed by atoms with van der Waals surface area (Å²) in [5, 5.41) is 11.0. The SMILES string of the molecule is CCNC(=NCc1cc(C(C)C)no1)NC1CCN(CCOC)CC1.I. The first kappa shape index (κ1) is 23.2. The predicted molar refractivity (Wildman–Crippen MR) is 115 cm³/mol.